The van der Waals surface area contributed by atoms with Crippen LogP contribution in [-0.2, 0) is 0 Å². The predicted molar refractivity (Wildman–Crippen MR) is 63.1 cm³/mol. The van der Waals surface area contributed by atoms with E-state index in [-0.39, 0.29) is 16.9 Å². The molecule has 0 bridgehead atoms. The summed E-state index contributed by atoms with van der Waals surface area (Å²) >= 11 is 0. The van der Waals surface area contributed by atoms with Crippen LogP contribution in [0.1, 0.15) is 43.0 Å². The molecule has 1 saturated carbocycles. The van der Waals surface area contributed by atoms with Crippen molar-refractivity contribution in [3.8, 4) is 0 Å². The van der Waals surface area contributed by atoms with Crippen LogP contribution < -0.4 is 5.32 Å². The smallest absolute Gasteiger partial charge is 0.254 e. The van der Waals surface area contributed by atoms with E-state index in [1.54, 1.807) is 0 Å². The fraction of sp³-hybridized carbons (Fsp3) is 0.538. The summed E-state index contributed by atoms with van der Waals surface area (Å²) in [5, 5.41) is 2.83. The van der Waals surface area contributed by atoms with E-state index >= 15 is 0 Å². The Hall–Kier alpha value is -1.45. The minimum Gasteiger partial charge on any atom is -0.351 e. The maximum Gasteiger partial charge on any atom is 0.254 e. The van der Waals surface area contributed by atoms with Crippen LogP contribution in [0.4, 0.5) is 4.39 Å². The third-order valence-corrected chi connectivity index (χ3v) is 3.81. The van der Waals surface area contributed by atoms with Gasteiger partial charge < -0.3 is 5.32 Å². The zero-order valence-electron chi connectivity index (χ0n) is 10.0. The van der Waals surface area contributed by atoms with Crippen LogP contribution in [0.15, 0.2) is 18.5 Å². The van der Waals surface area contributed by atoms with Gasteiger partial charge in [0.2, 0.25) is 0 Å². The van der Waals surface area contributed by atoms with Gasteiger partial charge in [-0.3, -0.25) is 9.78 Å². The summed E-state index contributed by atoms with van der Waals surface area (Å²) in [6, 6.07) is 1.41. The number of hydrogen-bond acceptors (Lipinski definition) is 2. The first kappa shape index (κ1) is 12.0. The number of nitrogens with one attached hydrogen (secondary N) is 1. The van der Waals surface area contributed by atoms with E-state index in [2.05, 4.69) is 17.2 Å². The minimum absolute atomic E-state index is 0.0746. The lowest BCUT2D eigenvalue weighted by Crippen LogP contribution is -2.41. The van der Waals surface area contributed by atoms with Gasteiger partial charge in [-0.1, -0.05) is 13.3 Å². The molecule has 0 unspecified atom stereocenters. The molecule has 0 saturated heterocycles. The van der Waals surface area contributed by atoms with Gasteiger partial charge in [0.05, 0.1) is 11.8 Å². The van der Waals surface area contributed by atoms with Crippen LogP contribution in [0.5, 0.6) is 0 Å². The Morgan fingerprint density at radius 2 is 2.35 bits per heavy atom. The molecule has 0 aliphatic heterocycles. The zero-order valence-corrected chi connectivity index (χ0v) is 10.0. The standard InChI is InChI=1S/C13H17FN2O/c1-2-13(5-3-6-13)9-16-12(17)10-4-7-15-8-11(10)14/h4,7-8H,2-3,5-6,9H2,1H3,(H,16,17). The molecular weight excluding hydrogens is 219 g/mol. The van der Waals surface area contributed by atoms with Gasteiger partial charge in [0.25, 0.3) is 5.91 Å². The van der Waals surface area contributed by atoms with Crippen molar-refractivity contribution in [2.24, 2.45) is 5.41 Å². The molecule has 1 amide bonds. The van der Waals surface area contributed by atoms with Gasteiger partial charge in [-0.2, -0.15) is 0 Å². The van der Waals surface area contributed by atoms with Crippen LogP contribution in [-0.4, -0.2) is 17.4 Å². The zero-order chi connectivity index (χ0) is 12.3. The fourth-order valence-corrected chi connectivity index (χ4v) is 2.25. The molecule has 0 atom stereocenters. The molecule has 1 aliphatic rings. The van der Waals surface area contributed by atoms with E-state index in [0.29, 0.717) is 6.54 Å². The topological polar surface area (TPSA) is 42.0 Å². The summed E-state index contributed by atoms with van der Waals surface area (Å²) in [4.78, 5) is 15.4. The van der Waals surface area contributed by atoms with E-state index in [9.17, 15) is 9.18 Å². The van der Waals surface area contributed by atoms with Crippen molar-refractivity contribution in [1.82, 2.24) is 10.3 Å². The third-order valence-electron chi connectivity index (χ3n) is 3.81. The third kappa shape index (κ3) is 2.46. The molecule has 17 heavy (non-hydrogen) atoms. The number of amides is 1. The van der Waals surface area contributed by atoms with E-state index in [1.807, 2.05) is 0 Å². The summed E-state index contributed by atoms with van der Waals surface area (Å²) in [6.45, 7) is 2.78. The molecule has 0 aromatic carbocycles. The second kappa shape index (κ2) is 4.82. The highest BCUT2D eigenvalue weighted by Gasteiger charge is 2.35. The van der Waals surface area contributed by atoms with E-state index in [1.165, 1.54) is 18.7 Å². The first-order chi connectivity index (χ1) is 8.17. The lowest BCUT2D eigenvalue weighted by molar-refractivity contribution is 0.0846. The van der Waals surface area contributed by atoms with Crippen LogP contribution in [0, 0.1) is 11.2 Å². The Morgan fingerprint density at radius 1 is 1.59 bits per heavy atom. The van der Waals surface area contributed by atoms with Crippen LogP contribution in [0.2, 0.25) is 0 Å². The average Bonchev–Trinajstić information content (AvgIpc) is 2.28. The van der Waals surface area contributed by atoms with Crippen LogP contribution in [0.3, 0.4) is 0 Å². The van der Waals surface area contributed by atoms with Crippen molar-refractivity contribution >= 4 is 5.91 Å². The van der Waals surface area contributed by atoms with Crippen molar-refractivity contribution in [2.45, 2.75) is 32.6 Å². The second-order valence-corrected chi connectivity index (χ2v) is 4.75. The molecule has 1 aromatic heterocycles. The Labute approximate surface area is 100 Å². The number of carbonyl (C=O) groups excluding carboxylic acids is 1. The number of halogens is 1. The number of pyridine rings is 1. The molecule has 3 nitrogen and oxygen atoms in total. The average molecular weight is 236 g/mol. The molecule has 0 spiro atoms. The van der Waals surface area contributed by atoms with Crippen molar-refractivity contribution in [3.05, 3.63) is 29.8 Å². The molecule has 2 rings (SSSR count). The highest BCUT2D eigenvalue weighted by molar-refractivity contribution is 5.94. The predicted octanol–water partition coefficient (Wildman–Crippen LogP) is 2.53. The maximum absolute atomic E-state index is 13.3. The van der Waals surface area contributed by atoms with Crippen molar-refractivity contribution in [3.63, 3.8) is 0 Å². The first-order valence-corrected chi connectivity index (χ1v) is 6.05. The van der Waals surface area contributed by atoms with Gasteiger partial charge in [0.1, 0.15) is 0 Å². The minimum atomic E-state index is -0.566. The molecule has 1 fully saturated rings. The molecule has 92 valence electrons. The number of rotatable bonds is 4. The molecular formula is C13H17FN2O. The molecule has 1 aliphatic carbocycles. The molecule has 0 radical (unpaired) electrons. The fourth-order valence-electron chi connectivity index (χ4n) is 2.25. The number of nitrogens with zero attached hydrogens (tertiary/aromatic N) is 1. The summed E-state index contributed by atoms with van der Waals surface area (Å²) in [6.07, 6.45) is 7.09. The van der Waals surface area contributed by atoms with E-state index in [0.717, 1.165) is 25.5 Å². The van der Waals surface area contributed by atoms with Crippen molar-refractivity contribution in [2.75, 3.05) is 6.54 Å². The number of aromatic nitrogens is 1. The normalized spacial score (nSPS) is 17.3. The Balaban J connectivity index is 1.96. The van der Waals surface area contributed by atoms with Crippen molar-refractivity contribution < 1.29 is 9.18 Å². The van der Waals surface area contributed by atoms with Gasteiger partial charge in [-0.25, -0.2) is 4.39 Å². The Morgan fingerprint density at radius 3 is 2.88 bits per heavy atom. The molecule has 1 aromatic rings. The van der Waals surface area contributed by atoms with E-state index < -0.39 is 5.82 Å². The molecule has 4 heteroatoms. The SMILES string of the molecule is CCC1(CNC(=O)c2ccncc2F)CCC1. The second-order valence-electron chi connectivity index (χ2n) is 4.75. The summed E-state index contributed by atoms with van der Waals surface area (Å²) in [7, 11) is 0. The van der Waals surface area contributed by atoms with E-state index in [4.69, 9.17) is 0 Å². The lowest BCUT2D eigenvalue weighted by Gasteiger charge is -2.41. The Bertz CT molecular complexity index is 410. The van der Waals surface area contributed by atoms with Crippen LogP contribution >= 0.6 is 0 Å². The highest BCUT2D eigenvalue weighted by atomic mass is 19.1. The van der Waals surface area contributed by atoms with Gasteiger partial charge in [-0.05, 0) is 30.7 Å². The van der Waals surface area contributed by atoms with Crippen LogP contribution in [0.25, 0.3) is 0 Å². The van der Waals surface area contributed by atoms with Gasteiger partial charge >= 0.3 is 0 Å². The summed E-state index contributed by atoms with van der Waals surface area (Å²) in [5.41, 5.74) is 0.324. The molecule has 1 heterocycles. The summed E-state index contributed by atoms with van der Waals surface area (Å²) in [5.74, 6) is -0.909. The first-order valence-electron chi connectivity index (χ1n) is 6.05. The quantitative estimate of drug-likeness (QED) is 0.872. The Kier molecular flexibility index (Phi) is 3.41. The largest absolute Gasteiger partial charge is 0.351 e. The highest BCUT2D eigenvalue weighted by Crippen LogP contribution is 2.43. The monoisotopic (exact) mass is 236 g/mol. The van der Waals surface area contributed by atoms with Gasteiger partial charge in [-0.15, -0.1) is 0 Å². The molecule has 1 N–H and O–H groups in total. The lowest BCUT2D eigenvalue weighted by atomic mass is 9.67. The van der Waals surface area contributed by atoms with Crippen molar-refractivity contribution in [1.29, 1.82) is 0 Å². The van der Waals surface area contributed by atoms with Gasteiger partial charge in [0.15, 0.2) is 5.82 Å². The number of hydrogen-bond donors (Lipinski definition) is 1. The maximum atomic E-state index is 13.3. The van der Waals surface area contributed by atoms with Gasteiger partial charge in [0, 0.05) is 12.7 Å². The number of carbonyl (C=O) groups is 1. The summed E-state index contributed by atoms with van der Waals surface area (Å²) < 4.78 is 13.3.